The zero-order valence-electron chi connectivity index (χ0n) is 10.2. The Morgan fingerprint density at radius 1 is 1.60 bits per heavy atom. The van der Waals surface area contributed by atoms with E-state index in [2.05, 4.69) is 19.2 Å². The fraction of sp³-hybridized carbons (Fsp3) is 0.917. The molecule has 3 N–H and O–H groups in total. The number of nitrogens with one attached hydrogen (secondary N) is 1. The van der Waals surface area contributed by atoms with Crippen LogP contribution in [0.1, 0.15) is 46.5 Å². The molecule has 3 nitrogen and oxygen atoms in total. The van der Waals surface area contributed by atoms with Gasteiger partial charge in [0.05, 0.1) is 0 Å². The lowest BCUT2D eigenvalue weighted by Gasteiger charge is -2.28. The first kappa shape index (κ1) is 12.5. The van der Waals surface area contributed by atoms with Gasteiger partial charge in [-0.25, -0.2) is 0 Å². The SMILES string of the molecule is CC(CN)CC(=O)NC1CCCC1(C)C. The van der Waals surface area contributed by atoms with E-state index < -0.39 is 0 Å². The molecule has 0 heterocycles. The first-order valence-corrected chi connectivity index (χ1v) is 5.95. The van der Waals surface area contributed by atoms with Crippen molar-refractivity contribution in [3.8, 4) is 0 Å². The summed E-state index contributed by atoms with van der Waals surface area (Å²) in [7, 11) is 0. The monoisotopic (exact) mass is 212 g/mol. The molecule has 0 aromatic rings. The van der Waals surface area contributed by atoms with Gasteiger partial charge in [-0.05, 0) is 30.7 Å². The van der Waals surface area contributed by atoms with E-state index in [4.69, 9.17) is 5.73 Å². The number of carbonyl (C=O) groups is 1. The largest absolute Gasteiger partial charge is 0.353 e. The van der Waals surface area contributed by atoms with Crippen molar-refractivity contribution in [2.75, 3.05) is 6.54 Å². The number of carbonyl (C=O) groups excluding carboxylic acids is 1. The van der Waals surface area contributed by atoms with Crippen LogP contribution in [0.5, 0.6) is 0 Å². The molecular formula is C12H24N2O. The van der Waals surface area contributed by atoms with Gasteiger partial charge in [-0.3, -0.25) is 4.79 Å². The third-order valence-corrected chi connectivity index (χ3v) is 3.53. The summed E-state index contributed by atoms with van der Waals surface area (Å²) in [5.41, 5.74) is 5.77. The Hall–Kier alpha value is -0.570. The molecule has 3 heteroatoms. The Balaban J connectivity index is 2.38. The summed E-state index contributed by atoms with van der Waals surface area (Å²) in [5, 5.41) is 3.14. The standard InChI is InChI=1S/C12H24N2O/c1-9(8-13)7-11(15)14-10-5-4-6-12(10,2)3/h9-10H,4-8,13H2,1-3H3,(H,14,15). The van der Waals surface area contributed by atoms with Crippen LogP contribution in [-0.2, 0) is 4.79 Å². The van der Waals surface area contributed by atoms with Gasteiger partial charge in [-0.2, -0.15) is 0 Å². The van der Waals surface area contributed by atoms with Crippen molar-refractivity contribution < 1.29 is 4.79 Å². The smallest absolute Gasteiger partial charge is 0.220 e. The average Bonchev–Trinajstić information content (AvgIpc) is 2.45. The van der Waals surface area contributed by atoms with Gasteiger partial charge in [0, 0.05) is 12.5 Å². The van der Waals surface area contributed by atoms with Crippen LogP contribution in [0.25, 0.3) is 0 Å². The molecular weight excluding hydrogens is 188 g/mol. The molecule has 2 unspecified atom stereocenters. The molecule has 1 rings (SSSR count). The van der Waals surface area contributed by atoms with Crippen LogP contribution in [-0.4, -0.2) is 18.5 Å². The maximum Gasteiger partial charge on any atom is 0.220 e. The number of hydrogen-bond donors (Lipinski definition) is 2. The van der Waals surface area contributed by atoms with Crippen LogP contribution < -0.4 is 11.1 Å². The van der Waals surface area contributed by atoms with E-state index in [9.17, 15) is 4.79 Å². The van der Waals surface area contributed by atoms with E-state index in [1.165, 1.54) is 12.8 Å². The fourth-order valence-corrected chi connectivity index (χ4v) is 2.25. The molecule has 0 spiro atoms. The maximum absolute atomic E-state index is 11.7. The van der Waals surface area contributed by atoms with Crippen molar-refractivity contribution in [3.05, 3.63) is 0 Å². The van der Waals surface area contributed by atoms with Crippen LogP contribution in [0, 0.1) is 11.3 Å². The van der Waals surface area contributed by atoms with Crippen LogP contribution in [0.15, 0.2) is 0 Å². The zero-order chi connectivity index (χ0) is 11.5. The first-order chi connectivity index (χ1) is 6.95. The normalized spacial score (nSPS) is 26.3. The summed E-state index contributed by atoms with van der Waals surface area (Å²) in [6.07, 6.45) is 4.12. The minimum atomic E-state index is 0.160. The summed E-state index contributed by atoms with van der Waals surface area (Å²) in [6.45, 7) is 7.06. The third kappa shape index (κ3) is 3.49. The molecule has 0 aromatic carbocycles. The number of rotatable bonds is 4. The molecule has 15 heavy (non-hydrogen) atoms. The Morgan fingerprint density at radius 3 is 2.73 bits per heavy atom. The molecule has 1 fully saturated rings. The lowest BCUT2D eigenvalue weighted by atomic mass is 9.87. The highest BCUT2D eigenvalue weighted by Gasteiger charge is 2.35. The summed E-state index contributed by atoms with van der Waals surface area (Å²) >= 11 is 0. The average molecular weight is 212 g/mol. The van der Waals surface area contributed by atoms with E-state index >= 15 is 0 Å². The van der Waals surface area contributed by atoms with Crippen LogP contribution in [0.2, 0.25) is 0 Å². The molecule has 0 aromatic heterocycles. The fourth-order valence-electron chi connectivity index (χ4n) is 2.25. The molecule has 2 atom stereocenters. The Morgan fingerprint density at radius 2 is 2.27 bits per heavy atom. The van der Waals surface area contributed by atoms with Crippen molar-refractivity contribution in [2.24, 2.45) is 17.1 Å². The molecule has 1 aliphatic carbocycles. The zero-order valence-corrected chi connectivity index (χ0v) is 10.2. The Kier molecular flexibility index (Phi) is 4.14. The Labute approximate surface area is 92.8 Å². The van der Waals surface area contributed by atoms with Crippen molar-refractivity contribution >= 4 is 5.91 Å². The van der Waals surface area contributed by atoms with Gasteiger partial charge in [-0.1, -0.05) is 27.2 Å². The number of amides is 1. The third-order valence-electron chi connectivity index (χ3n) is 3.53. The highest BCUT2D eigenvalue weighted by Crippen LogP contribution is 2.37. The Bertz CT molecular complexity index is 226. The minimum absolute atomic E-state index is 0.160. The van der Waals surface area contributed by atoms with Crippen LogP contribution in [0.4, 0.5) is 0 Å². The van der Waals surface area contributed by atoms with Gasteiger partial charge >= 0.3 is 0 Å². The van der Waals surface area contributed by atoms with Crippen LogP contribution >= 0.6 is 0 Å². The van der Waals surface area contributed by atoms with Gasteiger partial charge in [0.25, 0.3) is 0 Å². The summed E-state index contributed by atoms with van der Waals surface area (Å²) < 4.78 is 0. The quantitative estimate of drug-likeness (QED) is 0.744. The van der Waals surface area contributed by atoms with Gasteiger partial charge in [0.2, 0.25) is 5.91 Å². The molecule has 1 aliphatic rings. The van der Waals surface area contributed by atoms with Crippen molar-refractivity contribution in [2.45, 2.75) is 52.5 Å². The first-order valence-electron chi connectivity index (χ1n) is 5.95. The maximum atomic E-state index is 11.7. The van der Waals surface area contributed by atoms with Crippen molar-refractivity contribution in [1.29, 1.82) is 0 Å². The lowest BCUT2D eigenvalue weighted by Crippen LogP contribution is -2.42. The summed E-state index contributed by atoms with van der Waals surface area (Å²) in [4.78, 5) is 11.7. The molecule has 0 saturated heterocycles. The molecule has 0 radical (unpaired) electrons. The summed E-state index contributed by atoms with van der Waals surface area (Å²) in [6, 6.07) is 0.356. The molecule has 0 bridgehead atoms. The highest BCUT2D eigenvalue weighted by atomic mass is 16.1. The van der Waals surface area contributed by atoms with Crippen molar-refractivity contribution in [3.63, 3.8) is 0 Å². The van der Waals surface area contributed by atoms with E-state index in [0.29, 0.717) is 19.0 Å². The second-order valence-corrected chi connectivity index (χ2v) is 5.55. The number of nitrogens with two attached hydrogens (primary N) is 1. The van der Waals surface area contributed by atoms with Crippen molar-refractivity contribution in [1.82, 2.24) is 5.32 Å². The molecule has 0 aliphatic heterocycles. The molecule has 1 saturated carbocycles. The predicted octanol–water partition coefficient (Wildman–Crippen LogP) is 1.67. The van der Waals surface area contributed by atoms with Crippen LogP contribution in [0.3, 0.4) is 0 Å². The van der Waals surface area contributed by atoms with E-state index in [1.54, 1.807) is 0 Å². The molecule has 1 amide bonds. The van der Waals surface area contributed by atoms with Gasteiger partial charge in [-0.15, -0.1) is 0 Å². The number of hydrogen-bond acceptors (Lipinski definition) is 2. The van der Waals surface area contributed by atoms with E-state index in [1.807, 2.05) is 6.92 Å². The van der Waals surface area contributed by atoms with Gasteiger partial charge in [0.1, 0.15) is 0 Å². The second-order valence-electron chi connectivity index (χ2n) is 5.55. The lowest BCUT2D eigenvalue weighted by molar-refractivity contribution is -0.123. The summed E-state index contributed by atoms with van der Waals surface area (Å²) in [5.74, 6) is 0.447. The highest BCUT2D eigenvalue weighted by molar-refractivity contribution is 5.76. The minimum Gasteiger partial charge on any atom is -0.353 e. The van der Waals surface area contributed by atoms with Gasteiger partial charge < -0.3 is 11.1 Å². The van der Waals surface area contributed by atoms with Gasteiger partial charge in [0.15, 0.2) is 0 Å². The predicted molar refractivity (Wildman–Crippen MR) is 62.4 cm³/mol. The van der Waals surface area contributed by atoms with E-state index in [0.717, 1.165) is 6.42 Å². The molecule has 88 valence electrons. The topological polar surface area (TPSA) is 55.1 Å². The van der Waals surface area contributed by atoms with E-state index in [-0.39, 0.29) is 17.2 Å². The second kappa shape index (κ2) is 4.97.